The van der Waals surface area contributed by atoms with E-state index in [9.17, 15) is 4.79 Å². The second-order valence-corrected chi connectivity index (χ2v) is 3.89. The van der Waals surface area contributed by atoms with Crippen LogP contribution in [-0.4, -0.2) is 25.4 Å². The number of carbonyl (C=O) groups excluding carboxylic acids is 1. The summed E-state index contributed by atoms with van der Waals surface area (Å²) in [5.74, 6) is -0.341. The van der Waals surface area contributed by atoms with Crippen molar-refractivity contribution in [1.29, 1.82) is 0 Å². The second kappa shape index (κ2) is 7.48. The molecule has 0 radical (unpaired) electrons. The minimum atomic E-state index is -0.341. The Morgan fingerprint density at radius 3 is 2.39 bits per heavy atom. The van der Waals surface area contributed by atoms with E-state index >= 15 is 0 Å². The van der Waals surface area contributed by atoms with Crippen LogP contribution in [-0.2, 0) is 9.57 Å². The van der Waals surface area contributed by atoms with E-state index in [1.807, 2.05) is 0 Å². The van der Waals surface area contributed by atoms with Crippen LogP contribution in [0.3, 0.4) is 0 Å². The molecule has 4 heteroatoms. The molecule has 0 saturated carbocycles. The van der Waals surface area contributed by atoms with Crippen LogP contribution >= 0.6 is 0 Å². The molecule has 0 spiro atoms. The van der Waals surface area contributed by atoms with Crippen LogP contribution in [0.2, 0.25) is 0 Å². The molecule has 0 heterocycles. The monoisotopic (exact) mass is 249 g/mol. The van der Waals surface area contributed by atoms with Gasteiger partial charge >= 0.3 is 5.97 Å². The Morgan fingerprint density at radius 2 is 1.89 bits per heavy atom. The van der Waals surface area contributed by atoms with E-state index in [1.54, 1.807) is 30.5 Å². The van der Waals surface area contributed by atoms with Crippen LogP contribution < -0.4 is 0 Å². The zero-order valence-corrected chi connectivity index (χ0v) is 11.1. The molecule has 0 aliphatic carbocycles. The molecule has 0 atom stereocenters. The van der Waals surface area contributed by atoms with Crippen LogP contribution in [0.4, 0.5) is 0 Å². The molecule has 0 saturated heterocycles. The highest BCUT2D eigenvalue weighted by molar-refractivity contribution is 5.90. The Labute approximate surface area is 108 Å². The maximum absolute atomic E-state index is 11.2. The van der Waals surface area contributed by atoms with E-state index in [4.69, 9.17) is 4.84 Å². The van der Waals surface area contributed by atoms with Crippen LogP contribution in [0.1, 0.15) is 42.6 Å². The maximum Gasteiger partial charge on any atom is 0.337 e. The summed E-state index contributed by atoms with van der Waals surface area (Å²) in [6.07, 6.45) is 3.68. The maximum atomic E-state index is 11.2. The third-order valence-electron chi connectivity index (χ3n) is 2.65. The highest BCUT2D eigenvalue weighted by Gasteiger charge is 2.04. The molecule has 0 N–H and O–H groups in total. The standard InChI is InChI=1S/C14H19NO3/c1-4-13(5-2)18-15-10-11-6-8-12(9-7-11)14(16)17-3/h6-10,13H,4-5H2,1-3H3/b15-10+. The van der Waals surface area contributed by atoms with Gasteiger partial charge in [0.2, 0.25) is 0 Å². The molecular weight excluding hydrogens is 230 g/mol. The van der Waals surface area contributed by atoms with Gasteiger partial charge in [-0.25, -0.2) is 4.79 Å². The fourth-order valence-electron chi connectivity index (χ4n) is 1.44. The molecule has 0 amide bonds. The van der Waals surface area contributed by atoms with Gasteiger partial charge in [0.15, 0.2) is 0 Å². The quantitative estimate of drug-likeness (QED) is 0.442. The Kier molecular flexibility index (Phi) is 5.91. The van der Waals surface area contributed by atoms with Crippen molar-refractivity contribution in [3.63, 3.8) is 0 Å². The lowest BCUT2D eigenvalue weighted by molar-refractivity contribution is 0.0550. The van der Waals surface area contributed by atoms with Crippen molar-refractivity contribution in [1.82, 2.24) is 0 Å². The molecule has 0 unspecified atom stereocenters. The summed E-state index contributed by atoms with van der Waals surface area (Å²) in [5.41, 5.74) is 1.41. The van der Waals surface area contributed by atoms with Crippen LogP contribution in [0.25, 0.3) is 0 Å². The first-order valence-corrected chi connectivity index (χ1v) is 6.08. The van der Waals surface area contributed by atoms with Gasteiger partial charge in [0.25, 0.3) is 0 Å². The molecule has 1 aromatic rings. The summed E-state index contributed by atoms with van der Waals surface area (Å²) in [5, 5.41) is 3.94. The van der Waals surface area contributed by atoms with Gasteiger partial charge in [0, 0.05) is 0 Å². The van der Waals surface area contributed by atoms with Crippen molar-refractivity contribution in [2.75, 3.05) is 7.11 Å². The minimum Gasteiger partial charge on any atom is -0.465 e. The number of methoxy groups -OCH3 is 1. The SMILES string of the molecule is CCC(CC)O/N=C/c1ccc(C(=O)OC)cc1. The summed E-state index contributed by atoms with van der Waals surface area (Å²) in [4.78, 5) is 16.5. The van der Waals surface area contributed by atoms with Gasteiger partial charge < -0.3 is 9.57 Å². The largest absolute Gasteiger partial charge is 0.465 e. The number of benzene rings is 1. The predicted octanol–water partition coefficient (Wildman–Crippen LogP) is 3.01. The number of hydrogen-bond donors (Lipinski definition) is 0. The van der Waals surface area contributed by atoms with Gasteiger partial charge in [-0.2, -0.15) is 0 Å². The molecule has 0 aliphatic rings. The lowest BCUT2D eigenvalue weighted by Gasteiger charge is -2.08. The lowest BCUT2D eigenvalue weighted by atomic mass is 10.1. The molecule has 0 fully saturated rings. The molecular formula is C14H19NO3. The number of rotatable bonds is 6. The first kappa shape index (κ1) is 14.2. The predicted molar refractivity (Wildman–Crippen MR) is 70.8 cm³/mol. The van der Waals surface area contributed by atoms with Gasteiger partial charge in [0.05, 0.1) is 18.9 Å². The van der Waals surface area contributed by atoms with Gasteiger partial charge in [-0.1, -0.05) is 31.1 Å². The number of ether oxygens (including phenoxy) is 1. The number of oxime groups is 1. The number of nitrogens with zero attached hydrogens (tertiary/aromatic N) is 1. The topological polar surface area (TPSA) is 47.9 Å². The average molecular weight is 249 g/mol. The summed E-state index contributed by atoms with van der Waals surface area (Å²) in [6, 6.07) is 6.99. The third kappa shape index (κ3) is 4.20. The average Bonchev–Trinajstić information content (AvgIpc) is 2.43. The Hall–Kier alpha value is -1.84. The van der Waals surface area contributed by atoms with Crippen molar-refractivity contribution in [2.45, 2.75) is 32.8 Å². The third-order valence-corrected chi connectivity index (χ3v) is 2.65. The number of carbonyl (C=O) groups is 1. The summed E-state index contributed by atoms with van der Waals surface area (Å²) < 4.78 is 4.62. The van der Waals surface area contributed by atoms with E-state index in [0.717, 1.165) is 18.4 Å². The van der Waals surface area contributed by atoms with Crippen molar-refractivity contribution in [2.24, 2.45) is 5.16 Å². The van der Waals surface area contributed by atoms with Crippen LogP contribution in [0.15, 0.2) is 29.4 Å². The van der Waals surface area contributed by atoms with Gasteiger partial charge in [-0.15, -0.1) is 0 Å². The fraction of sp³-hybridized carbons (Fsp3) is 0.429. The summed E-state index contributed by atoms with van der Waals surface area (Å²) in [7, 11) is 1.36. The van der Waals surface area contributed by atoms with E-state index < -0.39 is 0 Å². The van der Waals surface area contributed by atoms with E-state index in [-0.39, 0.29) is 12.1 Å². The smallest absolute Gasteiger partial charge is 0.337 e. The molecule has 98 valence electrons. The van der Waals surface area contributed by atoms with Crippen LogP contribution in [0, 0.1) is 0 Å². The van der Waals surface area contributed by atoms with E-state index in [1.165, 1.54) is 7.11 Å². The molecule has 1 aromatic carbocycles. The molecule has 4 nitrogen and oxygen atoms in total. The highest BCUT2D eigenvalue weighted by Crippen LogP contribution is 2.06. The van der Waals surface area contributed by atoms with Gasteiger partial charge in [0.1, 0.15) is 6.10 Å². The normalized spacial score (nSPS) is 10.9. The molecule has 18 heavy (non-hydrogen) atoms. The molecule has 1 rings (SSSR count). The summed E-state index contributed by atoms with van der Waals surface area (Å²) >= 11 is 0. The lowest BCUT2D eigenvalue weighted by Crippen LogP contribution is -2.06. The van der Waals surface area contributed by atoms with E-state index in [0.29, 0.717) is 5.56 Å². The fourth-order valence-corrected chi connectivity index (χ4v) is 1.44. The van der Waals surface area contributed by atoms with Gasteiger partial charge in [-0.3, -0.25) is 0 Å². The Balaban J connectivity index is 2.58. The molecule has 0 aliphatic heterocycles. The zero-order chi connectivity index (χ0) is 13.4. The van der Waals surface area contributed by atoms with Crippen LogP contribution in [0.5, 0.6) is 0 Å². The minimum absolute atomic E-state index is 0.163. The number of hydrogen-bond acceptors (Lipinski definition) is 4. The van der Waals surface area contributed by atoms with Crippen molar-refractivity contribution >= 4 is 12.2 Å². The Morgan fingerprint density at radius 1 is 1.28 bits per heavy atom. The zero-order valence-electron chi connectivity index (χ0n) is 11.1. The molecule has 0 bridgehead atoms. The second-order valence-electron chi connectivity index (χ2n) is 3.89. The highest BCUT2D eigenvalue weighted by atomic mass is 16.6. The molecule has 0 aromatic heterocycles. The summed E-state index contributed by atoms with van der Waals surface area (Å²) in [6.45, 7) is 4.13. The first-order valence-electron chi connectivity index (χ1n) is 6.08. The Bertz CT molecular complexity index is 394. The first-order chi connectivity index (χ1) is 8.71. The van der Waals surface area contributed by atoms with Crippen molar-refractivity contribution in [3.05, 3.63) is 35.4 Å². The van der Waals surface area contributed by atoms with E-state index in [2.05, 4.69) is 23.7 Å². The van der Waals surface area contributed by atoms with Gasteiger partial charge in [-0.05, 0) is 30.5 Å². The van der Waals surface area contributed by atoms with Crippen molar-refractivity contribution < 1.29 is 14.4 Å². The number of esters is 1. The van der Waals surface area contributed by atoms with Crippen molar-refractivity contribution in [3.8, 4) is 0 Å².